The van der Waals surface area contributed by atoms with E-state index in [0.717, 1.165) is 5.56 Å². The molecule has 0 aliphatic carbocycles. The second-order valence-corrected chi connectivity index (χ2v) is 5.39. The molecule has 0 N–H and O–H groups in total. The summed E-state index contributed by atoms with van der Waals surface area (Å²) in [5, 5.41) is -0.119. The first-order chi connectivity index (χ1) is 10.1. The SMILES string of the molecule is COc1cccc(C(Cl)Cc2c(F)cccc2Cl)c1OC. The van der Waals surface area contributed by atoms with Gasteiger partial charge >= 0.3 is 0 Å². The van der Waals surface area contributed by atoms with Crippen LogP contribution in [0.15, 0.2) is 36.4 Å². The van der Waals surface area contributed by atoms with Crippen LogP contribution >= 0.6 is 23.2 Å². The summed E-state index contributed by atoms with van der Waals surface area (Å²) in [4.78, 5) is 0. The van der Waals surface area contributed by atoms with Crippen LogP contribution in [0, 0.1) is 5.82 Å². The number of alkyl halides is 1. The molecule has 0 aliphatic heterocycles. The zero-order chi connectivity index (χ0) is 15.4. The fourth-order valence-corrected chi connectivity index (χ4v) is 2.74. The summed E-state index contributed by atoms with van der Waals surface area (Å²) in [6, 6.07) is 10.0. The van der Waals surface area contributed by atoms with Crippen LogP contribution in [0.4, 0.5) is 4.39 Å². The van der Waals surface area contributed by atoms with Gasteiger partial charge in [0.05, 0.1) is 19.6 Å². The van der Waals surface area contributed by atoms with Crippen LogP contribution in [-0.2, 0) is 6.42 Å². The zero-order valence-electron chi connectivity index (χ0n) is 11.7. The maximum Gasteiger partial charge on any atom is 0.165 e. The van der Waals surface area contributed by atoms with Crippen LogP contribution in [-0.4, -0.2) is 14.2 Å². The van der Waals surface area contributed by atoms with Crippen LogP contribution in [0.2, 0.25) is 5.02 Å². The fraction of sp³-hybridized carbons (Fsp3) is 0.250. The van der Waals surface area contributed by atoms with E-state index >= 15 is 0 Å². The topological polar surface area (TPSA) is 18.5 Å². The first-order valence-electron chi connectivity index (χ1n) is 6.36. The minimum absolute atomic E-state index is 0.261. The molecule has 1 atom stereocenters. The third kappa shape index (κ3) is 3.42. The monoisotopic (exact) mass is 328 g/mol. The molecule has 2 rings (SSSR count). The summed E-state index contributed by atoms with van der Waals surface area (Å²) in [6.45, 7) is 0. The molecule has 2 nitrogen and oxygen atoms in total. The van der Waals surface area contributed by atoms with Gasteiger partial charge in [-0.2, -0.15) is 0 Å². The molecule has 0 spiro atoms. The molecular weight excluding hydrogens is 314 g/mol. The third-order valence-corrected chi connectivity index (χ3v) is 3.96. The number of benzene rings is 2. The van der Waals surface area contributed by atoms with Gasteiger partial charge in [0, 0.05) is 16.1 Å². The minimum Gasteiger partial charge on any atom is -0.493 e. The van der Waals surface area contributed by atoms with Gasteiger partial charge in [-0.15, -0.1) is 11.6 Å². The lowest BCUT2D eigenvalue weighted by Crippen LogP contribution is -2.03. The van der Waals surface area contributed by atoms with Crippen LogP contribution < -0.4 is 9.47 Å². The zero-order valence-corrected chi connectivity index (χ0v) is 13.2. The highest BCUT2D eigenvalue weighted by molar-refractivity contribution is 6.31. The Morgan fingerprint density at radius 1 is 1.10 bits per heavy atom. The number of hydrogen-bond acceptors (Lipinski definition) is 2. The van der Waals surface area contributed by atoms with E-state index in [0.29, 0.717) is 22.1 Å². The van der Waals surface area contributed by atoms with Crippen LogP contribution in [0.5, 0.6) is 11.5 Å². The molecule has 0 amide bonds. The molecule has 0 saturated carbocycles. The number of hydrogen-bond donors (Lipinski definition) is 0. The lowest BCUT2D eigenvalue weighted by molar-refractivity contribution is 0.351. The highest BCUT2D eigenvalue weighted by Crippen LogP contribution is 2.39. The van der Waals surface area contributed by atoms with E-state index in [1.54, 1.807) is 32.4 Å². The average molecular weight is 329 g/mol. The number of methoxy groups -OCH3 is 2. The standard InChI is InChI=1S/C16H15Cl2FO2/c1-20-15-8-3-5-10(16(15)21-2)13(18)9-11-12(17)6-4-7-14(11)19/h3-8,13H,9H2,1-2H3. The Kier molecular flexibility index (Phi) is 5.32. The normalized spacial score (nSPS) is 12.0. The Morgan fingerprint density at radius 3 is 2.43 bits per heavy atom. The summed E-state index contributed by atoms with van der Waals surface area (Å²) in [5.41, 5.74) is 1.13. The summed E-state index contributed by atoms with van der Waals surface area (Å²) in [7, 11) is 3.10. The molecule has 0 fully saturated rings. The van der Waals surface area contributed by atoms with Gasteiger partial charge in [0.25, 0.3) is 0 Å². The molecule has 0 radical (unpaired) electrons. The van der Waals surface area contributed by atoms with Crippen molar-refractivity contribution in [3.8, 4) is 11.5 Å². The molecule has 0 bridgehead atoms. The van der Waals surface area contributed by atoms with Gasteiger partial charge in [0.15, 0.2) is 11.5 Å². The Hall–Kier alpha value is -1.45. The van der Waals surface area contributed by atoms with Gasteiger partial charge in [-0.1, -0.05) is 29.8 Å². The number of rotatable bonds is 5. The molecule has 21 heavy (non-hydrogen) atoms. The van der Waals surface area contributed by atoms with Crippen molar-refractivity contribution >= 4 is 23.2 Å². The molecule has 0 saturated heterocycles. The molecule has 0 aromatic heterocycles. The first kappa shape index (κ1) is 15.9. The van der Waals surface area contributed by atoms with Gasteiger partial charge in [-0.05, 0) is 24.6 Å². The number of para-hydroxylation sites is 1. The molecule has 5 heteroatoms. The maximum absolute atomic E-state index is 13.9. The lowest BCUT2D eigenvalue weighted by Gasteiger charge is -2.17. The molecule has 112 valence electrons. The van der Waals surface area contributed by atoms with Crippen LogP contribution in [0.25, 0.3) is 0 Å². The Bertz CT molecular complexity index is 611. The largest absolute Gasteiger partial charge is 0.493 e. The number of ether oxygens (including phenoxy) is 2. The summed E-state index contributed by atoms with van der Waals surface area (Å²) in [6.07, 6.45) is 0.261. The van der Waals surface area contributed by atoms with Gasteiger partial charge in [-0.25, -0.2) is 4.39 Å². The molecular formula is C16H15Cl2FO2. The molecule has 0 aliphatic rings. The van der Waals surface area contributed by atoms with Crippen LogP contribution in [0.1, 0.15) is 16.5 Å². The van der Waals surface area contributed by atoms with E-state index in [1.807, 2.05) is 12.1 Å². The predicted molar refractivity (Wildman–Crippen MR) is 83.3 cm³/mol. The van der Waals surface area contributed by atoms with E-state index in [4.69, 9.17) is 32.7 Å². The molecule has 2 aromatic rings. The van der Waals surface area contributed by atoms with Crippen LogP contribution in [0.3, 0.4) is 0 Å². The lowest BCUT2D eigenvalue weighted by atomic mass is 10.0. The van der Waals surface area contributed by atoms with E-state index in [-0.39, 0.29) is 12.2 Å². The summed E-state index contributed by atoms with van der Waals surface area (Å²) in [5.74, 6) is 0.766. The van der Waals surface area contributed by atoms with Gasteiger partial charge in [-0.3, -0.25) is 0 Å². The minimum atomic E-state index is -0.482. The Balaban J connectivity index is 2.35. The molecule has 1 unspecified atom stereocenters. The Morgan fingerprint density at radius 2 is 1.81 bits per heavy atom. The van der Waals surface area contributed by atoms with E-state index < -0.39 is 5.38 Å². The highest BCUT2D eigenvalue weighted by Gasteiger charge is 2.20. The summed E-state index contributed by atoms with van der Waals surface area (Å²) >= 11 is 12.5. The molecule has 0 heterocycles. The van der Waals surface area contributed by atoms with Crippen molar-refractivity contribution in [1.82, 2.24) is 0 Å². The van der Waals surface area contributed by atoms with Crippen molar-refractivity contribution in [3.05, 3.63) is 58.4 Å². The van der Waals surface area contributed by atoms with Gasteiger partial charge < -0.3 is 9.47 Å². The summed E-state index contributed by atoms with van der Waals surface area (Å²) < 4.78 is 24.4. The van der Waals surface area contributed by atoms with Crippen molar-refractivity contribution in [3.63, 3.8) is 0 Å². The van der Waals surface area contributed by atoms with Crippen molar-refractivity contribution in [2.75, 3.05) is 14.2 Å². The first-order valence-corrected chi connectivity index (χ1v) is 7.17. The maximum atomic E-state index is 13.9. The van der Waals surface area contributed by atoms with Crippen molar-refractivity contribution in [2.24, 2.45) is 0 Å². The quantitative estimate of drug-likeness (QED) is 0.717. The smallest absolute Gasteiger partial charge is 0.165 e. The van der Waals surface area contributed by atoms with E-state index in [1.165, 1.54) is 6.07 Å². The number of halogens is 3. The predicted octanol–water partition coefficient (Wildman–Crippen LogP) is 5.02. The second-order valence-electron chi connectivity index (χ2n) is 4.45. The third-order valence-electron chi connectivity index (χ3n) is 3.22. The van der Waals surface area contributed by atoms with E-state index in [2.05, 4.69) is 0 Å². The average Bonchev–Trinajstić information content (AvgIpc) is 2.49. The van der Waals surface area contributed by atoms with E-state index in [9.17, 15) is 4.39 Å². The fourth-order valence-electron chi connectivity index (χ4n) is 2.18. The highest BCUT2D eigenvalue weighted by atomic mass is 35.5. The second kappa shape index (κ2) is 7.01. The Labute approximate surface area is 133 Å². The van der Waals surface area contributed by atoms with Gasteiger partial charge in [0.1, 0.15) is 5.82 Å². The van der Waals surface area contributed by atoms with Crippen molar-refractivity contribution in [2.45, 2.75) is 11.8 Å². The van der Waals surface area contributed by atoms with Gasteiger partial charge in [0.2, 0.25) is 0 Å². The van der Waals surface area contributed by atoms with Crippen molar-refractivity contribution < 1.29 is 13.9 Å². The van der Waals surface area contributed by atoms with Crippen molar-refractivity contribution in [1.29, 1.82) is 0 Å². The molecule has 2 aromatic carbocycles.